The monoisotopic (exact) mass is 431 g/mol. The number of nitrogens with zero attached hydrogens (tertiary/aromatic N) is 1. The summed E-state index contributed by atoms with van der Waals surface area (Å²) >= 11 is 2.06. The Bertz CT molecular complexity index is 652. The summed E-state index contributed by atoms with van der Waals surface area (Å²) < 4.78 is 11.6. The summed E-state index contributed by atoms with van der Waals surface area (Å²) in [6.45, 7) is 10.8. The van der Waals surface area contributed by atoms with Crippen molar-refractivity contribution in [1.82, 2.24) is 4.90 Å². The van der Waals surface area contributed by atoms with Gasteiger partial charge in [-0.25, -0.2) is 0 Å². The van der Waals surface area contributed by atoms with Crippen LogP contribution in [0.4, 0.5) is 0 Å². The zero-order valence-electron chi connectivity index (χ0n) is 19.5. The summed E-state index contributed by atoms with van der Waals surface area (Å²) in [5, 5.41) is 0. The topological polar surface area (TPSA) is 21.7 Å². The molecule has 3 nitrogen and oxygen atoms in total. The van der Waals surface area contributed by atoms with Crippen LogP contribution in [-0.4, -0.2) is 56.4 Å². The molecule has 0 atom stereocenters. The first-order valence-corrected chi connectivity index (χ1v) is 12.6. The van der Waals surface area contributed by atoms with E-state index in [1.807, 2.05) is 0 Å². The Labute approximate surface area is 188 Å². The van der Waals surface area contributed by atoms with E-state index in [0.29, 0.717) is 13.2 Å². The average Bonchev–Trinajstić information content (AvgIpc) is 2.75. The minimum atomic E-state index is 0.190. The number of ether oxygens (including phenoxy) is 2. The Morgan fingerprint density at radius 2 is 1.87 bits per heavy atom. The van der Waals surface area contributed by atoms with Gasteiger partial charge in [-0.3, -0.25) is 4.90 Å². The molecule has 0 heterocycles. The van der Waals surface area contributed by atoms with Gasteiger partial charge in [0.05, 0.1) is 13.2 Å². The molecule has 2 rings (SSSR count). The van der Waals surface area contributed by atoms with E-state index in [-0.39, 0.29) is 5.41 Å². The lowest BCUT2D eigenvalue weighted by Gasteiger charge is -2.25. The first-order chi connectivity index (χ1) is 14.5. The van der Waals surface area contributed by atoms with Crippen LogP contribution in [0.5, 0.6) is 5.75 Å². The van der Waals surface area contributed by atoms with E-state index in [9.17, 15) is 0 Å². The van der Waals surface area contributed by atoms with Gasteiger partial charge >= 0.3 is 0 Å². The quantitative estimate of drug-likeness (QED) is 0.313. The Kier molecular flexibility index (Phi) is 11.6. The van der Waals surface area contributed by atoms with Crippen LogP contribution in [0.25, 0.3) is 0 Å². The second-order valence-corrected chi connectivity index (χ2v) is 9.88. The van der Waals surface area contributed by atoms with Crippen LogP contribution >= 0.6 is 11.8 Å². The van der Waals surface area contributed by atoms with E-state index >= 15 is 0 Å². The van der Waals surface area contributed by atoms with Crippen LogP contribution in [0, 0.1) is 0 Å². The van der Waals surface area contributed by atoms with Crippen molar-refractivity contribution in [3.05, 3.63) is 53.6 Å². The van der Waals surface area contributed by atoms with Crippen molar-refractivity contribution in [2.75, 3.05) is 51.5 Å². The van der Waals surface area contributed by atoms with Gasteiger partial charge in [-0.1, -0.05) is 57.6 Å². The standard InChI is InChI=1S/C26H41NO2S/c1-5-6-20-30-22-26(2,3)24-12-14-25(15-13-24)29-19-18-28-17-16-27(4)21-23-10-8-7-9-11-23/h8,10-15H,5-7,9,16-22H2,1-4H3. The van der Waals surface area contributed by atoms with Crippen LogP contribution in [0.3, 0.4) is 0 Å². The SMILES string of the molecule is CCCCSCC(C)(C)c1ccc(OCCOCCN(C)CC2=CCCC=C2)cc1. The van der Waals surface area contributed by atoms with Crippen molar-refractivity contribution in [2.45, 2.75) is 51.9 Å². The number of rotatable bonds is 15. The van der Waals surface area contributed by atoms with Gasteiger partial charge in [-0.2, -0.15) is 11.8 Å². The van der Waals surface area contributed by atoms with Crippen molar-refractivity contribution in [3.8, 4) is 5.75 Å². The molecule has 1 aromatic rings. The normalized spacial score (nSPS) is 14.2. The number of hydrogen-bond donors (Lipinski definition) is 0. The smallest absolute Gasteiger partial charge is 0.119 e. The van der Waals surface area contributed by atoms with Crippen molar-refractivity contribution in [3.63, 3.8) is 0 Å². The fourth-order valence-electron chi connectivity index (χ4n) is 3.38. The van der Waals surface area contributed by atoms with Crippen LogP contribution < -0.4 is 4.74 Å². The van der Waals surface area contributed by atoms with Gasteiger partial charge in [0.1, 0.15) is 12.4 Å². The minimum Gasteiger partial charge on any atom is -0.491 e. The van der Waals surface area contributed by atoms with E-state index in [4.69, 9.17) is 9.47 Å². The highest BCUT2D eigenvalue weighted by molar-refractivity contribution is 7.99. The molecule has 0 spiro atoms. The highest BCUT2D eigenvalue weighted by Gasteiger charge is 2.20. The number of benzene rings is 1. The zero-order chi connectivity index (χ0) is 21.7. The summed E-state index contributed by atoms with van der Waals surface area (Å²) in [5.41, 5.74) is 2.98. The number of allylic oxidation sites excluding steroid dienone is 2. The van der Waals surface area contributed by atoms with E-state index in [1.54, 1.807) is 0 Å². The maximum Gasteiger partial charge on any atom is 0.119 e. The van der Waals surface area contributed by atoms with Gasteiger partial charge in [0.15, 0.2) is 0 Å². The zero-order valence-corrected chi connectivity index (χ0v) is 20.3. The van der Waals surface area contributed by atoms with E-state index < -0.39 is 0 Å². The highest BCUT2D eigenvalue weighted by Crippen LogP contribution is 2.29. The van der Waals surface area contributed by atoms with Crippen molar-refractivity contribution in [1.29, 1.82) is 0 Å². The molecule has 1 aliphatic carbocycles. The highest BCUT2D eigenvalue weighted by atomic mass is 32.2. The molecule has 0 saturated heterocycles. The van der Waals surface area contributed by atoms with Crippen molar-refractivity contribution < 1.29 is 9.47 Å². The molecule has 0 radical (unpaired) electrons. The molecule has 4 heteroatoms. The molecule has 0 amide bonds. The molecule has 1 aromatic carbocycles. The van der Waals surface area contributed by atoms with Crippen LogP contribution in [0.2, 0.25) is 0 Å². The molecule has 0 aliphatic heterocycles. The van der Waals surface area contributed by atoms with Gasteiger partial charge < -0.3 is 9.47 Å². The molecule has 0 unspecified atom stereocenters. The van der Waals surface area contributed by atoms with Gasteiger partial charge in [0.25, 0.3) is 0 Å². The third-order valence-electron chi connectivity index (χ3n) is 5.38. The summed E-state index contributed by atoms with van der Waals surface area (Å²) in [6.07, 6.45) is 11.8. The molecule has 0 saturated carbocycles. The summed E-state index contributed by atoms with van der Waals surface area (Å²) in [5.74, 6) is 3.33. The second-order valence-electron chi connectivity index (χ2n) is 8.77. The number of likely N-dealkylation sites (N-methyl/N-ethyl adjacent to an activating group) is 1. The van der Waals surface area contributed by atoms with Crippen LogP contribution in [0.15, 0.2) is 48.1 Å². The molecule has 0 fully saturated rings. The largest absolute Gasteiger partial charge is 0.491 e. The third-order valence-corrected chi connectivity index (χ3v) is 6.88. The van der Waals surface area contributed by atoms with Gasteiger partial charge in [-0.05, 0) is 60.7 Å². The maximum atomic E-state index is 5.85. The van der Waals surface area contributed by atoms with Crippen molar-refractivity contribution >= 4 is 11.8 Å². The Morgan fingerprint density at radius 1 is 1.07 bits per heavy atom. The number of thioether (sulfide) groups is 1. The second kappa shape index (κ2) is 14.0. The first kappa shape index (κ1) is 25.0. The van der Waals surface area contributed by atoms with Gasteiger partial charge in [0.2, 0.25) is 0 Å². The maximum absolute atomic E-state index is 5.85. The Morgan fingerprint density at radius 3 is 2.57 bits per heavy atom. The molecule has 30 heavy (non-hydrogen) atoms. The predicted molar refractivity (Wildman–Crippen MR) is 132 cm³/mol. The van der Waals surface area contributed by atoms with Gasteiger partial charge in [-0.15, -0.1) is 0 Å². The molecule has 168 valence electrons. The fraction of sp³-hybridized carbons (Fsp3) is 0.615. The molecule has 1 aliphatic rings. The Hall–Kier alpha value is -1.23. The fourth-order valence-corrected chi connectivity index (χ4v) is 4.69. The minimum absolute atomic E-state index is 0.190. The molecule has 0 N–H and O–H groups in total. The first-order valence-electron chi connectivity index (χ1n) is 11.4. The van der Waals surface area contributed by atoms with E-state index in [2.05, 4.69) is 87.0 Å². The summed E-state index contributed by atoms with van der Waals surface area (Å²) in [7, 11) is 2.15. The van der Waals surface area contributed by atoms with Crippen LogP contribution in [0.1, 0.15) is 52.0 Å². The van der Waals surface area contributed by atoms with Crippen molar-refractivity contribution in [2.24, 2.45) is 0 Å². The molecular formula is C26H41NO2S. The molecule has 0 bridgehead atoms. The molecule has 0 aromatic heterocycles. The number of unbranched alkanes of at least 4 members (excludes halogenated alkanes) is 1. The Balaban J connectivity index is 1.58. The van der Waals surface area contributed by atoms with E-state index in [0.717, 1.165) is 31.2 Å². The third kappa shape index (κ3) is 9.72. The summed E-state index contributed by atoms with van der Waals surface area (Å²) in [4.78, 5) is 2.31. The lowest BCUT2D eigenvalue weighted by Crippen LogP contribution is -2.26. The lowest BCUT2D eigenvalue weighted by atomic mass is 9.87. The average molecular weight is 432 g/mol. The number of hydrogen-bond acceptors (Lipinski definition) is 4. The van der Waals surface area contributed by atoms with Gasteiger partial charge in [0, 0.05) is 18.8 Å². The van der Waals surface area contributed by atoms with Crippen LogP contribution in [-0.2, 0) is 10.2 Å². The van der Waals surface area contributed by atoms with E-state index in [1.165, 1.54) is 42.6 Å². The molecular weight excluding hydrogens is 390 g/mol. The summed E-state index contributed by atoms with van der Waals surface area (Å²) in [6, 6.07) is 8.60. The lowest BCUT2D eigenvalue weighted by molar-refractivity contribution is 0.0865. The predicted octanol–water partition coefficient (Wildman–Crippen LogP) is 6.10.